The van der Waals surface area contributed by atoms with Crippen molar-refractivity contribution in [3.8, 4) is 0 Å². The maximum atomic E-state index is 14.0. The zero-order chi connectivity index (χ0) is 17.0. The lowest BCUT2D eigenvalue weighted by molar-refractivity contribution is -0.136. The van der Waals surface area contributed by atoms with Crippen molar-refractivity contribution in [1.82, 2.24) is 10.2 Å². The van der Waals surface area contributed by atoms with Crippen LogP contribution < -0.4 is 5.32 Å². The van der Waals surface area contributed by atoms with Gasteiger partial charge in [-0.1, -0.05) is 0 Å². The molecule has 0 aromatic rings. The summed E-state index contributed by atoms with van der Waals surface area (Å²) in [5.74, 6) is 0.275. The minimum Gasteiger partial charge on any atom is -0.376 e. The van der Waals surface area contributed by atoms with E-state index in [-0.39, 0.29) is 24.0 Å². The first-order valence-corrected chi connectivity index (χ1v) is 9.08. The van der Waals surface area contributed by atoms with Gasteiger partial charge in [0.15, 0.2) is 0 Å². The van der Waals surface area contributed by atoms with Gasteiger partial charge in [0.2, 0.25) is 5.91 Å². The Bertz CT molecular complexity index is 389. The van der Waals surface area contributed by atoms with Crippen molar-refractivity contribution in [2.24, 2.45) is 5.92 Å². The van der Waals surface area contributed by atoms with Crippen molar-refractivity contribution in [2.75, 3.05) is 20.2 Å². The van der Waals surface area contributed by atoms with Gasteiger partial charge in [0.25, 0.3) is 0 Å². The van der Waals surface area contributed by atoms with E-state index in [0.717, 1.165) is 45.1 Å². The Kier molecular flexibility index (Phi) is 6.43. The first-order chi connectivity index (χ1) is 10.8. The highest BCUT2D eigenvalue weighted by Gasteiger charge is 2.35. The van der Waals surface area contributed by atoms with Crippen LogP contribution in [-0.4, -0.2) is 54.9 Å². The molecule has 0 aromatic heterocycles. The molecular weight excluding hydrogens is 295 g/mol. The zero-order valence-electron chi connectivity index (χ0n) is 15.1. The lowest BCUT2D eigenvalue weighted by atomic mass is 9.79. The molecule has 1 aliphatic heterocycles. The van der Waals surface area contributed by atoms with Crippen LogP contribution in [0.25, 0.3) is 0 Å². The third-order valence-corrected chi connectivity index (χ3v) is 5.70. The summed E-state index contributed by atoms with van der Waals surface area (Å²) in [5.41, 5.74) is -1.09. The number of carbonyl (C=O) groups is 1. The Morgan fingerprint density at radius 3 is 2.43 bits per heavy atom. The van der Waals surface area contributed by atoms with E-state index < -0.39 is 5.67 Å². The van der Waals surface area contributed by atoms with Crippen LogP contribution in [0, 0.1) is 5.92 Å². The fraction of sp³-hybridized carbons (Fsp3) is 0.944. The van der Waals surface area contributed by atoms with Gasteiger partial charge in [-0.2, -0.15) is 0 Å². The minimum absolute atomic E-state index is 0.113. The average Bonchev–Trinajstić information content (AvgIpc) is 2.52. The maximum absolute atomic E-state index is 14.0. The smallest absolute Gasteiger partial charge is 0.219 e. The van der Waals surface area contributed by atoms with E-state index in [4.69, 9.17) is 4.74 Å². The second kappa shape index (κ2) is 7.93. The molecule has 2 atom stereocenters. The molecular formula is C18H33FN2O2. The standard InChI is InChI=1S/C18H33FN2O2/c1-13(22)21-11-5-6-16(20-4)17(21)12-23-15-9-7-14(8-10-15)18(2,3)19/h14-17,20H,5-12H2,1-4H3/t14?,15?,16-,17-/m0/s1. The molecule has 2 fully saturated rings. The van der Waals surface area contributed by atoms with Crippen LogP contribution >= 0.6 is 0 Å². The predicted molar refractivity (Wildman–Crippen MR) is 90.1 cm³/mol. The zero-order valence-corrected chi connectivity index (χ0v) is 15.1. The second-order valence-electron chi connectivity index (χ2n) is 7.69. The molecule has 1 N–H and O–H groups in total. The summed E-state index contributed by atoms with van der Waals surface area (Å²) in [5, 5.41) is 3.33. The SMILES string of the molecule is CN[C@H]1CCCN(C(C)=O)[C@H]1COC1CCC(C(C)(C)F)CC1. The van der Waals surface area contributed by atoms with Crippen LogP contribution in [0.15, 0.2) is 0 Å². The minimum atomic E-state index is -1.09. The van der Waals surface area contributed by atoms with Crippen molar-refractivity contribution >= 4 is 5.91 Å². The average molecular weight is 328 g/mol. The van der Waals surface area contributed by atoms with Crippen molar-refractivity contribution in [1.29, 1.82) is 0 Å². The van der Waals surface area contributed by atoms with E-state index in [1.54, 1.807) is 20.8 Å². The number of hydrogen-bond acceptors (Lipinski definition) is 3. The molecule has 2 aliphatic rings. The third-order valence-electron chi connectivity index (χ3n) is 5.70. The number of likely N-dealkylation sites (tertiary alicyclic amines) is 1. The Labute approximate surface area is 140 Å². The number of rotatable bonds is 5. The predicted octanol–water partition coefficient (Wildman–Crippen LogP) is 2.91. The highest BCUT2D eigenvalue weighted by atomic mass is 19.1. The monoisotopic (exact) mass is 328 g/mol. The highest BCUT2D eigenvalue weighted by molar-refractivity contribution is 5.73. The van der Waals surface area contributed by atoms with E-state index in [1.165, 1.54) is 0 Å². The van der Waals surface area contributed by atoms with E-state index in [0.29, 0.717) is 12.6 Å². The molecule has 1 heterocycles. The first-order valence-electron chi connectivity index (χ1n) is 9.08. The molecule has 0 unspecified atom stereocenters. The summed E-state index contributed by atoms with van der Waals surface area (Å²) in [7, 11) is 1.95. The Hall–Kier alpha value is -0.680. The molecule has 1 saturated heterocycles. The molecule has 0 aromatic carbocycles. The molecule has 1 saturated carbocycles. The maximum Gasteiger partial charge on any atom is 0.219 e. The number of hydrogen-bond donors (Lipinski definition) is 1. The fourth-order valence-electron chi connectivity index (χ4n) is 4.14. The van der Waals surface area contributed by atoms with Crippen LogP contribution in [0.5, 0.6) is 0 Å². The number of piperidine rings is 1. The summed E-state index contributed by atoms with van der Waals surface area (Å²) in [4.78, 5) is 13.8. The summed E-state index contributed by atoms with van der Waals surface area (Å²) in [6.07, 6.45) is 5.97. The Morgan fingerprint density at radius 2 is 1.91 bits per heavy atom. The lowest BCUT2D eigenvalue weighted by Crippen LogP contribution is -2.57. The van der Waals surface area contributed by atoms with Crippen molar-refractivity contribution in [3.63, 3.8) is 0 Å². The van der Waals surface area contributed by atoms with Crippen LogP contribution in [-0.2, 0) is 9.53 Å². The van der Waals surface area contributed by atoms with E-state index >= 15 is 0 Å². The fourth-order valence-corrected chi connectivity index (χ4v) is 4.14. The summed E-state index contributed by atoms with van der Waals surface area (Å²) < 4.78 is 20.2. The number of halogens is 1. The summed E-state index contributed by atoms with van der Waals surface area (Å²) >= 11 is 0. The Morgan fingerprint density at radius 1 is 1.26 bits per heavy atom. The molecule has 0 bridgehead atoms. The van der Waals surface area contributed by atoms with Gasteiger partial charge in [0, 0.05) is 19.5 Å². The number of nitrogens with one attached hydrogen (secondary N) is 1. The van der Waals surface area contributed by atoms with Crippen LogP contribution in [0.1, 0.15) is 59.3 Å². The van der Waals surface area contributed by atoms with Gasteiger partial charge in [-0.3, -0.25) is 4.79 Å². The number of alkyl halides is 1. The molecule has 0 radical (unpaired) electrons. The Balaban J connectivity index is 1.85. The molecule has 0 spiro atoms. The summed E-state index contributed by atoms with van der Waals surface area (Å²) in [6, 6.07) is 0.412. The third kappa shape index (κ3) is 4.90. The molecule has 134 valence electrons. The van der Waals surface area contributed by atoms with Crippen LogP contribution in [0.2, 0.25) is 0 Å². The number of ether oxygens (including phenoxy) is 1. The number of likely N-dealkylation sites (N-methyl/N-ethyl adjacent to an activating group) is 1. The van der Waals surface area contributed by atoms with Gasteiger partial charge in [-0.05, 0) is 65.3 Å². The highest BCUT2D eigenvalue weighted by Crippen LogP contribution is 2.36. The van der Waals surface area contributed by atoms with E-state index in [2.05, 4.69) is 5.32 Å². The molecule has 5 heteroatoms. The number of carbonyl (C=O) groups excluding carboxylic acids is 1. The van der Waals surface area contributed by atoms with Crippen LogP contribution in [0.3, 0.4) is 0 Å². The molecule has 1 amide bonds. The molecule has 2 rings (SSSR count). The van der Waals surface area contributed by atoms with Gasteiger partial charge in [-0.15, -0.1) is 0 Å². The van der Waals surface area contributed by atoms with Gasteiger partial charge >= 0.3 is 0 Å². The van der Waals surface area contributed by atoms with E-state index in [1.807, 2.05) is 11.9 Å². The quantitative estimate of drug-likeness (QED) is 0.844. The van der Waals surface area contributed by atoms with Gasteiger partial charge in [0.05, 0.1) is 18.8 Å². The topological polar surface area (TPSA) is 41.6 Å². The molecule has 4 nitrogen and oxygen atoms in total. The van der Waals surface area contributed by atoms with Crippen LogP contribution in [0.4, 0.5) is 4.39 Å². The first kappa shape index (κ1) is 18.7. The van der Waals surface area contributed by atoms with Gasteiger partial charge in [0.1, 0.15) is 5.67 Å². The van der Waals surface area contributed by atoms with Crippen molar-refractivity contribution in [2.45, 2.75) is 83.2 Å². The van der Waals surface area contributed by atoms with Gasteiger partial charge in [-0.25, -0.2) is 4.39 Å². The van der Waals surface area contributed by atoms with Crippen molar-refractivity contribution < 1.29 is 13.9 Å². The van der Waals surface area contributed by atoms with Gasteiger partial charge < -0.3 is 15.0 Å². The largest absolute Gasteiger partial charge is 0.376 e. The summed E-state index contributed by atoms with van der Waals surface area (Å²) in [6.45, 7) is 6.41. The normalized spacial score (nSPS) is 32.8. The van der Waals surface area contributed by atoms with E-state index in [9.17, 15) is 9.18 Å². The lowest BCUT2D eigenvalue weighted by Gasteiger charge is -2.42. The number of nitrogens with zero attached hydrogens (tertiary/aromatic N) is 1. The molecule has 1 aliphatic carbocycles. The molecule has 23 heavy (non-hydrogen) atoms. The van der Waals surface area contributed by atoms with Crippen molar-refractivity contribution in [3.05, 3.63) is 0 Å². The second-order valence-corrected chi connectivity index (χ2v) is 7.69. The number of amides is 1.